The van der Waals surface area contributed by atoms with Gasteiger partial charge >= 0.3 is 0 Å². The van der Waals surface area contributed by atoms with E-state index in [1.165, 1.54) is 0 Å². The average molecular weight is 365 g/mol. The Morgan fingerprint density at radius 3 is 2.54 bits per heavy atom. The van der Waals surface area contributed by atoms with Gasteiger partial charge in [0, 0.05) is 31.2 Å². The number of halogens is 2. The standard InChI is InChI=1S/C17H18Cl2N4O/c1-22-6-8-23(9-7-22)17(24)15-5-3-13(11-20-15)21-16-10-12(18)2-4-14(16)19/h2-5,10-11,21H,6-9H2,1H3. The van der Waals surface area contributed by atoms with Gasteiger partial charge in [0.05, 0.1) is 22.6 Å². The van der Waals surface area contributed by atoms with Crippen molar-refractivity contribution in [2.75, 3.05) is 38.5 Å². The zero-order chi connectivity index (χ0) is 17.1. The maximum atomic E-state index is 12.5. The van der Waals surface area contributed by atoms with E-state index < -0.39 is 0 Å². The molecular formula is C17H18Cl2N4O. The molecule has 0 unspecified atom stereocenters. The third-order valence-electron chi connectivity index (χ3n) is 3.98. The lowest BCUT2D eigenvalue weighted by Crippen LogP contribution is -2.47. The number of anilines is 2. The molecule has 24 heavy (non-hydrogen) atoms. The Morgan fingerprint density at radius 2 is 1.88 bits per heavy atom. The SMILES string of the molecule is CN1CCN(C(=O)c2ccc(Nc3cc(Cl)ccc3Cl)cn2)CC1. The van der Waals surface area contributed by atoms with Crippen LogP contribution < -0.4 is 5.32 Å². The number of piperazine rings is 1. The van der Waals surface area contributed by atoms with Gasteiger partial charge < -0.3 is 15.1 Å². The number of hydrogen-bond donors (Lipinski definition) is 1. The Bertz CT molecular complexity index is 728. The molecule has 5 nitrogen and oxygen atoms in total. The minimum atomic E-state index is -0.0320. The summed E-state index contributed by atoms with van der Waals surface area (Å²) in [6.07, 6.45) is 1.63. The maximum absolute atomic E-state index is 12.5. The molecule has 1 aromatic heterocycles. The van der Waals surface area contributed by atoms with Crippen molar-refractivity contribution in [3.63, 3.8) is 0 Å². The van der Waals surface area contributed by atoms with E-state index in [1.807, 2.05) is 11.0 Å². The van der Waals surface area contributed by atoms with Crippen LogP contribution in [0.2, 0.25) is 10.0 Å². The first-order valence-electron chi connectivity index (χ1n) is 7.69. The number of benzene rings is 1. The second-order valence-corrected chi connectivity index (χ2v) is 6.62. The van der Waals surface area contributed by atoms with Gasteiger partial charge in [-0.25, -0.2) is 4.98 Å². The van der Waals surface area contributed by atoms with E-state index in [9.17, 15) is 4.79 Å². The monoisotopic (exact) mass is 364 g/mol. The maximum Gasteiger partial charge on any atom is 0.272 e. The van der Waals surface area contributed by atoms with Gasteiger partial charge in [0.2, 0.25) is 0 Å². The van der Waals surface area contributed by atoms with Crippen LogP contribution >= 0.6 is 23.2 Å². The van der Waals surface area contributed by atoms with Gasteiger partial charge in [-0.1, -0.05) is 23.2 Å². The summed E-state index contributed by atoms with van der Waals surface area (Å²) in [5, 5.41) is 4.31. The van der Waals surface area contributed by atoms with Crippen LogP contribution in [0.5, 0.6) is 0 Å². The second-order valence-electron chi connectivity index (χ2n) is 5.78. The van der Waals surface area contributed by atoms with Crippen LogP contribution in [0.15, 0.2) is 36.5 Å². The van der Waals surface area contributed by atoms with Crippen molar-refractivity contribution in [1.82, 2.24) is 14.8 Å². The lowest BCUT2D eigenvalue weighted by molar-refractivity contribution is 0.0658. The van der Waals surface area contributed by atoms with E-state index in [1.54, 1.807) is 30.5 Å². The summed E-state index contributed by atoms with van der Waals surface area (Å²) >= 11 is 12.1. The zero-order valence-electron chi connectivity index (χ0n) is 13.3. The summed E-state index contributed by atoms with van der Waals surface area (Å²) in [7, 11) is 2.06. The fraction of sp³-hybridized carbons (Fsp3) is 0.294. The number of carbonyl (C=O) groups excluding carboxylic acids is 1. The predicted molar refractivity (Wildman–Crippen MR) is 97.4 cm³/mol. The van der Waals surface area contributed by atoms with Crippen molar-refractivity contribution >= 4 is 40.5 Å². The summed E-state index contributed by atoms with van der Waals surface area (Å²) in [6, 6.07) is 8.73. The van der Waals surface area contributed by atoms with Gasteiger partial charge in [-0.15, -0.1) is 0 Å². The molecular weight excluding hydrogens is 347 g/mol. The minimum Gasteiger partial charge on any atom is -0.353 e. The number of amides is 1. The summed E-state index contributed by atoms with van der Waals surface area (Å²) in [6.45, 7) is 3.24. The van der Waals surface area contributed by atoms with Crippen LogP contribution in [0.4, 0.5) is 11.4 Å². The van der Waals surface area contributed by atoms with E-state index in [2.05, 4.69) is 22.2 Å². The highest BCUT2D eigenvalue weighted by atomic mass is 35.5. The Hall–Kier alpha value is -1.82. The van der Waals surface area contributed by atoms with Gasteiger partial charge in [0.1, 0.15) is 5.69 Å². The molecule has 2 aromatic rings. The lowest BCUT2D eigenvalue weighted by atomic mass is 10.2. The number of carbonyl (C=O) groups is 1. The normalized spacial score (nSPS) is 15.4. The first-order chi connectivity index (χ1) is 11.5. The van der Waals surface area contributed by atoms with Crippen LogP contribution in [-0.4, -0.2) is 53.9 Å². The van der Waals surface area contributed by atoms with Crippen molar-refractivity contribution in [3.8, 4) is 0 Å². The molecule has 0 radical (unpaired) electrons. The number of likely N-dealkylation sites (N-methyl/N-ethyl adjacent to an activating group) is 1. The molecule has 7 heteroatoms. The molecule has 1 saturated heterocycles. The van der Waals surface area contributed by atoms with Gasteiger partial charge in [-0.05, 0) is 37.4 Å². The summed E-state index contributed by atoms with van der Waals surface area (Å²) in [4.78, 5) is 20.8. The van der Waals surface area contributed by atoms with Crippen LogP contribution in [-0.2, 0) is 0 Å². The molecule has 0 aliphatic carbocycles. The zero-order valence-corrected chi connectivity index (χ0v) is 14.8. The Labute approximate surface area is 151 Å². The van der Waals surface area contributed by atoms with Gasteiger partial charge in [0.25, 0.3) is 5.91 Å². The smallest absolute Gasteiger partial charge is 0.272 e. The number of nitrogens with zero attached hydrogens (tertiary/aromatic N) is 3. The fourth-order valence-corrected chi connectivity index (χ4v) is 2.85. The second kappa shape index (κ2) is 7.38. The van der Waals surface area contributed by atoms with E-state index >= 15 is 0 Å². The van der Waals surface area contributed by atoms with E-state index in [4.69, 9.17) is 23.2 Å². The largest absolute Gasteiger partial charge is 0.353 e. The molecule has 1 N–H and O–H groups in total. The number of hydrogen-bond acceptors (Lipinski definition) is 4. The average Bonchev–Trinajstić information content (AvgIpc) is 2.59. The number of rotatable bonds is 3. The molecule has 1 aliphatic heterocycles. The van der Waals surface area contributed by atoms with E-state index in [-0.39, 0.29) is 5.91 Å². The van der Waals surface area contributed by atoms with Crippen molar-refractivity contribution in [2.24, 2.45) is 0 Å². The molecule has 1 aromatic carbocycles. The fourth-order valence-electron chi connectivity index (χ4n) is 2.51. The molecule has 0 bridgehead atoms. The topological polar surface area (TPSA) is 48.5 Å². The molecule has 0 atom stereocenters. The van der Waals surface area contributed by atoms with E-state index in [0.717, 1.165) is 31.9 Å². The highest BCUT2D eigenvalue weighted by molar-refractivity contribution is 6.35. The number of nitrogens with one attached hydrogen (secondary N) is 1. The summed E-state index contributed by atoms with van der Waals surface area (Å²) < 4.78 is 0. The molecule has 0 spiro atoms. The van der Waals surface area contributed by atoms with Crippen molar-refractivity contribution in [3.05, 3.63) is 52.3 Å². The Morgan fingerprint density at radius 1 is 1.12 bits per heavy atom. The predicted octanol–water partition coefficient (Wildman–Crippen LogP) is 3.52. The Balaban J connectivity index is 1.69. The highest BCUT2D eigenvalue weighted by Crippen LogP contribution is 2.28. The van der Waals surface area contributed by atoms with Crippen LogP contribution in [0, 0.1) is 0 Å². The quantitative estimate of drug-likeness (QED) is 0.904. The number of aromatic nitrogens is 1. The molecule has 1 fully saturated rings. The van der Waals surface area contributed by atoms with Crippen molar-refractivity contribution in [2.45, 2.75) is 0 Å². The first kappa shape index (κ1) is 17.0. The van der Waals surface area contributed by atoms with Crippen LogP contribution in [0.1, 0.15) is 10.5 Å². The summed E-state index contributed by atoms with van der Waals surface area (Å²) in [5.41, 5.74) is 1.89. The number of pyridine rings is 1. The molecule has 3 rings (SSSR count). The third kappa shape index (κ3) is 3.98. The summed E-state index contributed by atoms with van der Waals surface area (Å²) in [5.74, 6) is -0.0320. The van der Waals surface area contributed by atoms with Crippen molar-refractivity contribution in [1.29, 1.82) is 0 Å². The molecule has 126 valence electrons. The first-order valence-corrected chi connectivity index (χ1v) is 8.44. The highest BCUT2D eigenvalue weighted by Gasteiger charge is 2.21. The van der Waals surface area contributed by atoms with Crippen LogP contribution in [0.25, 0.3) is 0 Å². The lowest BCUT2D eigenvalue weighted by Gasteiger charge is -2.32. The Kier molecular flexibility index (Phi) is 5.23. The molecule has 2 heterocycles. The van der Waals surface area contributed by atoms with Gasteiger partial charge in [-0.2, -0.15) is 0 Å². The minimum absolute atomic E-state index is 0.0320. The van der Waals surface area contributed by atoms with Gasteiger partial charge in [-0.3, -0.25) is 4.79 Å². The molecule has 1 amide bonds. The molecule has 0 saturated carbocycles. The third-order valence-corrected chi connectivity index (χ3v) is 4.55. The van der Waals surface area contributed by atoms with E-state index in [0.29, 0.717) is 21.4 Å². The molecule has 1 aliphatic rings. The van der Waals surface area contributed by atoms with Gasteiger partial charge in [0.15, 0.2) is 0 Å². The van der Waals surface area contributed by atoms with Crippen molar-refractivity contribution < 1.29 is 4.79 Å². The van der Waals surface area contributed by atoms with Crippen LogP contribution in [0.3, 0.4) is 0 Å².